The third kappa shape index (κ3) is 2.58. The summed E-state index contributed by atoms with van der Waals surface area (Å²) < 4.78 is 4.71. The van der Waals surface area contributed by atoms with Crippen LogP contribution in [0.4, 0.5) is 0 Å². The van der Waals surface area contributed by atoms with Gasteiger partial charge in [0.25, 0.3) is 0 Å². The van der Waals surface area contributed by atoms with Gasteiger partial charge in [0.05, 0.1) is 12.7 Å². The zero-order chi connectivity index (χ0) is 11.4. The Morgan fingerprint density at radius 2 is 2.13 bits per heavy atom. The molecule has 15 heavy (non-hydrogen) atoms. The van der Waals surface area contributed by atoms with Crippen molar-refractivity contribution in [2.24, 2.45) is 0 Å². The second-order valence-corrected chi connectivity index (χ2v) is 3.87. The van der Waals surface area contributed by atoms with Gasteiger partial charge in [-0.2, -0.15) is 0 Å². The highest BCUT2D eigenvalue weighted by Crippen LogP contribution is 2.23. The zero-order valence-electron chi connectivity index (χ0n) is 9.83. The van der Waals surface area contributed by atoms with Crippen LogP contribution >= 0.6 is 0 Å². The summed E-state index contributed by atoms with van der Waals surface area (Å²) in [4.78, 5) is 11.4. The maximum Gasteiger partial charge on any atom is 0.337 e. The van der Waals surface area contributed by atoms with E-state index in [1.807, 2.05) is 18.2 Å². The average molecular weight is 206 g/mol. The van der Waals surface area contributed by atoms with Crippen LogP contribution in [0.5, 0.6) is 0 Å². The van der Waals surface area contributed by atoms with Crippen molar-refractivity contribution in [1.82, 2.24) is 0 Å². The Hall–Kier alpha value is -1.31. The van der Waals surface area contributed by atoms with Crippen molar-refractivity contribution in [2.45, 2.75) is 33.1 Å². The molecule has 0 spiro atoms. The molecule has 0 radical (unpaired) electrons. The fourth-order valence-electron chi connectivity index (χ4n) is 1.64. The van der Waals surface area contributed by atoms with Crippen LogP contribution in [-0.2, 0) is 4.74 Å². The lowest BCUT2D eigenvalue weighted by Gasteiger charge is -2.13. The summed E-state index contributed by atoms with van der Waals surface area (Å²) in [5, 5.41) is 0. The van der Waals surface area contributed by atoms with Crippen LogP contribution in [-0.4, -0.2) is 13.1 Å². The fourth-order valence-corrected chi connectivity index (χ4v) is 1.64. The Kier molecular flexibility index (Phi) is 3.89. The number of rotatable bonds is 3. The number of hydrogen-bond donors (Lipinski definition) is 0. The Balaban J connectivity index is 3.10. The summed E-state index contributed by atoms with van der Waals surface area (Å²) >= 11 is 0. The van der Waals surface area contributed by atoms with Crippen molar-refractivity contribution in [3.8, 4) is 0 Å². The number of aryl methyl sites for hydroxylation is 1. The Labute approximate surface area is 91.3 Å². The van der Waals surface area contributed by atoms with Crippen molar-refractivity contribution in [3.05, 3.63) is 34.9 Å². The van der Waals surface area contributed by atoms with Crippen molar-refractivity contribution < 1.29 is 9.53 Å². The molecule has 1 unspecified atom stereocenters. The SMILES string of the molecule is CCC(C)c1cc(C(=O)OC)ccc1C. The second kappa shape index (κ2) is 4.96. The first-order valence-corrected chi connectivity index (χ1v) is 5.29. The highest BCUT2D eigenvalue weighted by Gasteiger charge is 2.11. The van der Waals surface area contributed by atoms with Crippen LogP contribution in [0.25, 0.3) is 0 Å². The molecule has 0 bridgehead atoms. The largest absolute Gasteiger partial charge is 0.465 e. The van der Waals surface area contributed by atoms with E-state index in [0.717, 1.165) is 6.42 Å². The number of carbonyl (C=O) groups excluding carboxylic acids is 1. The van der Waals surface area contributed by atoms with Gasteiger partial charge in [0.2, 0.25) is 0 Å². The number of hydrogen-bond acceptors (Lipinski definition) is 2. The zero-order valence-corrected chi connectivity index (χ0v) is 9.83. The first-order chi connectivity index (χ1) is 7.10. The van der Waals surface area contributed by atoms with Crippen molar-refractivity contribution >= 4 is 5.97 Å². The summed E-state index contributed by atoms with van der Waals surface area (Å²) in [5.41, 5.74) is 3.11. The molecule has 1 aromatic rings. The molecule has 1 atom stereocenters. The highest BCUT2D eigenvalue weighted by molar-refractivity contribution is 5.89. The van der Waals surface area contributed by atoms with E-state index in [2.05, 4.69) is 20.8 Å². The standard InChI is InChI=1S/C13H18O2/c1-5-9(2)12-8-11(13(14)15-4)7-6-10(12)3/h6-9H,5H2,1-4H3. The van der Waals surface area contributed by atoms with E-state index in [1.54, 1.807) is 0 Å². The first-order valence-electron chi connectivity index (χ1n) is 5.29. The molecule has 0 heterocycles. The van der Waals surface area contributed by atoms with Gasteiger partial charge in [-0.25, -0.2) is 4.79 Å². The molecule has 0 amide bonds. The van der Waals surface area contributed by atoms with Crippen molar-refractivity contribution in [2.75, 3.05) is 7.11 Å². The minimum absolute atomic E-state index is 0.264. The lowest BCUT2D eigenvalue weighted by Crippen LogP contribution is -2.04. The minimum Gasteiger partial charge on any atom is -0.465 e. The predicted octanol–water partition coefficient (Wildman–Crippen LogP) is 3.30. The lowest BCUT2D eigenvalue weighted by molar-refractivity contribution is 0.0600. The number of esters is 1. The lowest BCUT2D eigenvalue weighted by atomic mass is 9.93. The summed E-state index contributed by atoms with van der Waals surface area (Å²) in [6, 6.07) is 5.73. The van der Waals surface area contributed by atoms with Crippen LogP contribution in [0, 0.1) is 6.92 Å². The summed E-state index contributed by atoms with van der Waals surface area (Å²) in [7, 11) is 1.41. The monoisotopic (exact) mass is 206 g/mol. The topological polar surface area (TPSA) is 26.3 Å². The van der Waals surface area contributed by atoms with Gasteiger partial charge < -0.3 is 4.74 Å². The molecule has 1 rings (SSSR count). The van der Waals surface area contributed by atoms with Crippen molar-refractivity contribution in [1.29, 1.82) is 0 Å². The molecule has 0 saturated carbocycles. The second-order valence-electron chi connectivity index (χ2n) is 3.87. The van der Waals surface area contributed by atoms with Gasteiger partial charge in [-0.3, -0.25) is 0 Å². The van der Waals surface area contributed by atoms with E-state index in [0.29, 0.717) is 11.5 Å². The molecular weight excluding hydrogens is 188 g/mol. The van der Waals surface area contributed by atoms with Crippen LogP contribution in [0.1, 0.15) is 47.7 Å². The number of carbonyl (C=O) groups is 1. The quantitative estimate of drug-likeness (QED) is 0.709. The summed E-state index contributed by atoms with van der Waals surface area (Å²) in [6.45, 7) is 6.39. The molecule has 1 aromatic carbocycles. The van der Waals surface area contributed by atoms with Gasteiger partial charge in [0.15, 0.2) is 0 Å². The smallest absolute Gasteiger partial charge is 0.337 e. The van der Waals surface area contributed by atoms with Gasteiger partial charge in [0.1, 0.15) is 0 Å². The highest BCUT2D eigenvalue weighted by atomic mass is 16.5. The van der Waals surface area contributed by atoms with Gasteiger partial charge in [-0.1, -0.05) is 19.9 Å². The van der Waals surface area contributed by atoms with E-state index in [-0.39, 0.29) is 5.97 Å². The maximum absolute atomic E-state index is 11.4. The van der Waals surface area contributed by atoms with Crippen LogP contribution in [0.3, 0.4) is 0 Å². The van der Waals surface area contributed by atoms with Gasteiger partial charge in [0, 0.05) is 0 Å². The number of methoxy groups -OCH3 is 1. The third-order valence-corrected chi connectivity index (χ3v) is 2.84. The maximum atomic E-state index is 11.4. The Bertz CT molecular complexity index is 356. The van der Waals surface area contributed by atoms with Crippen LogP contribution < -0.4 is 0 Å². The Morgan fingerprint density at radius 1 is 1.47 bits per heavy atom. The minimum atomic E-state index is -0.264. The number of ether oxygens (including phenoxy) is 1. The third-order valence-electron chi connectivity index (χ3n) is 2.84. The van der Waals surface area contributed by atoms with E-state index < -0.39 is 0 Å². The fraction of sp³-hybridized carbons (Fsp3) is 0.462. The molecule has 0 aliphatic heterocycles. The summed E-state index contributed by atoms with van der Waals surface area (Å²) in [6.07, 6.45) is 1.07. The van der Waals surface area contributed by atoms with E-state index in [4.69, 9.17) is 4.74 Å². The van der Waals surface area contributed by atoms with Gasteiger partial charge in [-0.05, 0) is 42.5 Å². The molecule has 0 fully saturated rings. The first kappa shape index (κ1) is 11.8. The predicted molar refractivity (Wildman–Crippen MR) is 61.2 cm³/mol. The average Bonchev–Trinajstić information content (AvgIpc) is 2.27. The number of benzene rings is 1. The molecular formula is C13H18O2. The van der Waals surface area contributed by atoms with Gasteiger partial charge in [-0.15, -0.1) is 0 Å². The summed E-state index contributed by atoms with van der Waals surface area (Å²) in [5.74, 6) is 0.217. The molecule has 82 valence electrons. The molecule has 0 aliphatic carbocycles. The van der Waals surface area contributed by atoms with Crippen molar-refractivity contribution in [3.63, 3.8) is 0 Å². The molecule has 2 heteroatoms. The molecule has 0 aromatic heterocycles. The molecule has 0 N–H and O–H groups in total. The molecule has 2 nitrogen and oxygen atoms in total. The van der Waals surface area contributed by atoms with Gasteiger partial charge >= 0.3 is 5.97 Å². The van der Waals surface area contributed by atoms with E-state index >= 15 is 0 Å². The normalized spacial score (nSPS) is 12.3. The van der Waals surface area contributed by atoms with Crippen LogP contribution in [0.15, 0.2) is 18.2 Å². The van der Waals surface area contributed by atoms with E-state index in [9.17, 15) is 4.79 Å². The van der Waals surface area contributed by atoms with E-state index in [1.165, 1.54) is 18.2 Å². The molecule has 0 saturated heterocycles. The Morgan fingerprint density at radius 3 is 2.67 bits per heavy atom. The molecule has 0 aliphatic rings. The van der Waals surface area contributed by atoms with Crippen LogP contribution in [0.2, 0.25) is 0 Å².